The highest BCUT2D eigenvalue weighted by Gasteiger charge is 2.35. The van der Waals surface area contributed by atoms with E-state index in [-0.39, 0.29) is 24.4 Å². The average Bonchev–Trinajstić information content (AvgIpc) is 2.64. The van der Waals surface area contributed by atoms with Crippen LogP contribution in [0.1, 0.15) is 54.2 Å². The third-order valence-corrected chi connectivity index (χ3v) is 5.72. The standard InChI is InChI=1S/C23H27FO3/c1-14(2)18-9-10-19-15(3)11-21(16(4)22(19)23(18)27-13-25)26-12-17-7-5-6-8-20(17)24/h5-8,11,13-14,18,23H,9-10,12H2,1-4H3/t18?,23-/m1/s1. The van der Waals surface area contributed by atoms with Crippen molar-refractivity contribution in [2.75, 3.05) is 0 Å². The Morgan fingerprint density at radius 2 is 2.00 bits per heavy atom. The number of aryl methyl sites for hydroxylation is 1. The SMILES string of the molecule is Cc1cc(OCc2ccccc2F)c(C)c2c1CCC(C(C)C)[C@H]2OC=O. The van der Waals surface area contributed by atoms with Gasteiger partial charge >= 0.3 is 0 Å². The van der Waals surface area contributed by atoms with E-state index in [0.29, 0.717) is 18.0 Å². The molecule has 1 aliphatic rings. The van der Waals surface area contributed by atoms with Crippen molar-refractivity contribution in [1.82, 2.24) is 0 Å². The first-order chi connectivity index (χ1) is 12.9. The van der Waals surface area contributed by atoms with E-state index in [9.17, 15) is 9.18 Å². The van der Waals surface area contributed by atoms with Crippen LogP contribution < -0.4 is 4.74 Å². The molecule has 0 spiro atoms. The number of carbonyl (C=O) groups excluding carboxylic acids is 1. The molecule has 3 rings (SSSR count). The van der Waals surface area contributed by atoms with Crippen LogP contribution in [-0.2, 0) is 22.6 Å². The van der Waals surface area contributed by atoms with Gasteiger partial charge in [-0.2, -0.15) is 0 Å². The molecule has 0 fully saturated rings. The number of benzene rings is 2. The minimum atomic E-state index is -0.271. The van der Waals surface area contributed by atoms with Crippen molar-refractivity contribution >= 4 is 6.47 Å². The molecule has 0 bridgehead atoms. The Morgan fingerprint density at radius 1 is 1.26 bits per heavy atom. The van der Waals surface area contributed by atoms with E-state index in [4.69, 9.17) is 9.47 Å². The summed E-state index contributed by atoms with van der Waals surface area (Å²) in [4.78, 5) is 11.2. The molecule has 27 heavy (non-hydrogen) atoms. The van der Waals surface area contributed by atoms with Crippen molar-refractivity contribution in [3.8, 4) is 5.75 Å². The number of fused-ring (bicyclic) bond motifs is 1. The minimum absolute atomic E-state index is 0.165. The molecule has 0 radical (unpaired) electrons. The highest BCUT2D eigenvalue weighted by Crippen LogP contribution is 2.45. The fourth-order valence-electron chi connectivity index (χ4n) is 4.19. The van der Waals surface area contributed by atoms with E-state index < -0.39 is 0 Å². The highest BCUT2D eigenvalue weighted by atomic mass is 19.1. The van der Waals surface area contributed by atoms with Gasteiger partial charge in [-0.1, -0.05) is 32.0 Å². The van der Waals surface area contributed by atoms with Crippen LogP contribution in [0.2, 0.25) is 0 Å². The normalized spacial score (nSPS) is 18.9. The van der Waals surface area contributed by atoms with Crippen molar-refractivity contribution in [2.45, 2.75) is 53.2 Å². The maximum absolute atomic E-state index is 13.9. The van der Waals surface area contributed by atoms with Crippen LogP contribution in [0.15, 0.2) is 30.3 Å². The van der Waals surface area contributed by atoms with E-state index in [1.54, 1.807) is 18.2 Å². The summed E-state index contributed by atoms with van der Waals surface area (Å²) in [5, 5.41) is 0. The Balaban J connectivity index is 1.97. The second-order valence-electron chi connectivity index (χ2n) is 7.69. The number of carbonyl (C=O) groups is 1. The minimum Gasteiger partial charge on any atom is -0.489 e. The number of ether oxygens (including phenoxy) is 2. The summed E-state index contributed by atoms with van der Waals surface area (Å²) >= 11 is 0. The first-order valence-electron chi connectivity index (χ1n) is 9.52. The van der Waals surface area contributed by atoms with Crippen molar-refractivity contribution < 1.29 is 18.7 Å². The quantitative estimate of drug-likeness (QED) is 0.634. The van der Waals surface area contributed by atoms with Gasteiger partial charge in [-0.05, 0) is 61.4 Å². The summed E-state index contributed by atoms with van der Waals surface area (Å²) in [5.41, 5.74) is 4.93. The molecule has 0 saturated heterocycles. The van der Waals surface area contributed by atoms with Gasteiger partial charge < -0.3 is 9.47 Å². The van der Waals surface area contributed by atoms with Gasteiger partial charge in [0.05, 0.1) is 0 Å². The molecule has 0 saturated carbocycles. The van der Waals surface area contributed by atoms with Crippen molar-refractivity contribution in [1.29, 1.82) is 0 Å². The van der Waals surface area contributed by atoms with E-state index in [1.807, 2.05) is 13.0 Å². The lowest BCUT2D eigenvalue weighted by Crippen LogP contribution is -2.28. The molecular formula is C23H27FO3. The lowest BCUT2D eigenvalue weighted by molar-refractivity contribution is -0.138. The monoisotopic (exact) mass is 370 g/mol. The predicted molar refractivity (Wildman–Crippen MR) is 103 cm³/mol. The smallest absolute Gasteiger partial charge is 0.293 e. The van der Waals surface area contributed by atoms with E-state index in [1.165, 1.54) is 11.6 Å². The first-order valence-corrected chi connectivity index (χ1v) is 9.52. The largest absolute Gasteiger partial charge is 0.489 e. The third-order valence-electron chi connectivity index (χ3n) is 5.72. The van der Waals surface area contributed by atoms with Crippen molar-refractivity contribution in [2.24, 2.45) is 11.8 Å². The van der Waals surface area contributed by atoms with Crippen molar-refractivity contribution in [3.05, 3.63) is 64.0 Å². The van der Waals surface area contributed by atoms with Crippen LogP contribution in [0.5, 0.6) is 5.75 Å². The molecule has 2 atom stereocenters. The molecule has 0 aromatic heterocycles. The van der Waals surface area contributed by atoms with Gasteiger partial charge in [0.2, 0.25) is 0 Å². The molecule has 1 aliphatic carbocycles. The topological polar surface area (TPSA) is 35.5 Å². The summed E-state index contributed by atoms with van der Waals surface area (Å²) in [6.45, 7) is 9.10. The fraction of sp³-hybridized carbons (Fsp3) is 0.435. The van der Waals surface area contributed by atoms with Gasteiger partial charge in [-0.3, -0.25) is 4.79 Å². The molecule has 4 heteroatoms. The summed E-state index contributed by atoms with van der Waals surface area (Å²) < 4.78 is 25.5. The maximum atomic E-state index is 13.9. The maximum Gasteiger partial charge on any atom is 0.293 e. The number of rotatable bonds is 6. The van der Waals surface area contributed by atoms with Crippen molar-refractivity contribution in [3.63, 3.8) is 0 Å². The van der Waals surface area contributed by atoms with Gasteiger partial charge in [0.25, 0.3) is 6.47 Å². The lowest BCUT2D eigenvalue weighted by Gasteiger charge is -2.37. The van der Waals surface area contributed by atoms with Crippen LogP contribution in [0.4, 0.5) is 4.39 Å². The molecular weight excluding hydrogens is 343 g/mol. The fourth-order valence-corrected chi connectivity index (χ4v) is 4.19. The second kappa shape index (κ2) is 8.12. The third kappa shape index (κ3) is 3.85. The molecule has 0 heterocycles. The van der Waals surface area contributed by atoms with Crippen LogP contribution in [0, 0.1) is 31.5 Å². The van der Waals surface area contributed by atoms with E-state index >= 15 is 0 Å². The number of hydrogen-bond acceptors (Lipinski definition) is 3. The molecule has 0 N–H and O–H groups in total. The Labute approximate surface area is 160 Å². The predicted octanol–water partition coefficient (Wildman–Crippen LogP) is 5.45. The molecule has 2 aromatic rings. The molecule has 3 nitrogen and oxygen atoms in total. The Hall–Kier alpha value is -2.36. The molecule has 1 unspecified atom stereocenters. The lowest BCUT2D eigenvalue weighted by atomic mass is 9.73. The number of hydrogen-bond donors (Lipinski definition) is 0. The van der Waals surface area contributed by atoms with Crippen LogP contribution in [-0.4, -0.2) is 6.47 Å². The van der Waals surface area contributed by atoms with Crippen LogP contribution in [0.25, 0.3) is 0 Å². The Kier molecular flexibility index (Phi) is 5.83. The summed E-state index contributed by atoms with van der Waals surface area (Å²) in [7, 11) is 0. The zero-order valence-corrected chi connectivity index (χ0v) is 16.4. The Morgan fingerprint density at radius 3 is 2.67 bits per heavy atom. The van der Waals surface area contributed by atoms with Gasteiger partial charge in [-0.25, -0.2) is 4.39 Å². The Bertz CT molecular complexity index is 829. The van der Waals surface area contributed by atoms with Gasteiger partial charge in [0.1, 0.15) is 24.3 Å². The van der Waals surface area contributed by atoms with Crippen LogP contribution >= 0.6 is 0 Å². The average molecular weight is 370 g/mol. The summed E-state index contributed by atoms with van der Waals surface area (Å²) in [5.74, 6) is 1.14. The zero-order valence-electron chi connectivity index (χ0n) is 16.4. The highest BCUT2D eigenvalue weighted by molar-refractivity contribution is 5.52. The number of halogens is 1. The van der Waals surface area contributed by atoms with Crippen LogP contribution in [0.3, 0.4) is 0 Å². The van der Waals surface area contributed by atoms with Gasteiger partial charge in [0, 0.05) is 17.0 Å². The summed E-state index contributed by atoms with van der Waals surface area (Å²) in [6.07, 6.45) is 1.71. The molecule has 2 aromatic carbocycles. The zero-order chi connectivity index (χ0) is 19.6. The van der Waals surface area contributed by atoms with Gasteiger partial charge in [0.15, 0.2) is 0 Å². The molecule has 0 aliphatic heterocycles. The van der Waals surface area contributed by atoms with E-state index in [0.717, 1.165) is 35.3 Å². The first kappa shape index (κ1) is 19.4. The summed E-state index contributed by atoms with van der Waals surface area (Å²) in [6, 6.07) is 8.64. The van der Waals surface area contributed by atoms with E-state index in [2.05, 4.69) is 20.8 Å². The molecule has 0 amide bonds. The van der Waals surface area contributed by atoms with Gasteiger partial charge in [-0.15, -0.1) is 0 Å². The molecule has 144 valence electrons. The second-order valence-corrected chi connectivity index (χ2v) is 7.69.